The molecule has 1 aliphatic rings. The first-order valence-corrected chi connectivity index (χ1v) is 8.73. The molecule has 0 aliphatic heterocycles. The van der Waals surface area contributed by atoms with Crippen LogP contribution in [0.4, 0.5) is 0 Å². The smallest absolute Gasteiger partial charge is 0.167 e. The molecule has 122 valence electrons. The van der Waals surface area contributed by atoms with Crippen molar-refractivity contribution >= 4 is 11.4 Å². The second kappa shape index (κ2) is 6.90. The molecule has 0 fully saturated rings. The van der Waals surface area contributed by atoms with Gasteiger partial charge in [0.15, 0.2) is 5.78 Å². The number of hydrogen-bond donors (Lipinski definition) is 0. The fraction of sp³-hybridized carbons (Fsp3) is 0.125. The van der Waals surface area contributed by atoms with E-state index in [2.05, 4.69) is 36.4 Å². The standard InChI is InChI=1S/C24H20O/c25-24-22(20-14-8-3-9-15-20)17-21(19-12-6-2-7-13-19)23(24)16-18-10-4-1-5-11-18/h1-15,22H,16-17H2. The lowest BCUT2D eigenvalue weighted by Crippen LogP contribution is -2.10. The lowest BCUT2D eigenvalue weighted by atomic mass is 9.93. The maximum atomic E-state index is 13.2. The van der Waals surface area contributed by atoms with E-state index >= 15 is 0 Å². The Labute approximate surface area is 148 Å². The lowest BCUT2D eigenvalue weighted by molar-refractivity contribution is -0.116. The molecule has 3 aromatic carbocycles. The summed E-state index contributed by atoms with van der Waals surface area (Å²) in [6, 6.07) is 30.8. The Kier molecular flexibility index (Phi) is 4.30. The minimum atomic E-state index is -0.0601. The van der Waals surface area contributed by atoms with Crippen molar-refractivity contribution in [3.8, 4) is 0 Å². The maximum absolute atomic E-state index is 13.2. The van der Waals surface area contributed by atoms with Gasteiger partial charge < -0.3 is 0 Å². The van der Waals surface area contributed by atoms with Gasteiger partial charge in [-0.25, -0.2) is 0 Å². The second-order valence-corrected chi connectivity index (χ2v) is 6.52. The van der Waals surface area contributed by atoms with Crippen molar-refractivity contribution in [1.29, 1.82) is 0 Å². The molecule has 0 saturated heterocycles. The second-order valence-electron chi connectivity index (χ2n) is 6.52. The highest BCUT2D eigenvalue weighted by Crippen LogP contribution is 2.41. The zero-order valence-electron chi connectivity index (χ0n) is 14.1. The molecule has 0 bridgehead atoms. The fourth-order valence-corrected chi connectivity index (χ4v) is 3.66. The third-order valence-electron chi connectivity index (χ3n) is 4.93. The number of hydrogen-bond acceptors (Lipinski definition) is 1. The summed E-state index contributed by atoms with van der Waals surface area (Å²) >= 11 is 0. The molecule has 25 heavy (non-hydrogen) atoms. The Hall–Kier alpha value is -2.93. The summed E-state index contributed by atoms with van der Waals surface area (Å²) < 4.78 is 0. The first kappa shape index (κ1) is 15.6. The van der Waals surface area contributed by atoms with Crippen LogP contribution in [0.5, 0.6) is 0 Å². The molecular formula is C24H20O. The van der Waals surface area contributed by atoms with Crippen LogP contribution in [-0.4, -0.2) is 5.78 Å². The number of Topliss-reactive ketones (excluding diaryl/α,β-unsaturated/α-hetero) is 1. The number of rotatable bonds is 4. The van der Waals surface area contributed by atoms with E-state index in [9.17, 15) is 4.79 Å². The highest BCUT2D eigenvalue weighted by molar-refractivity contribution is 6.11. The van der Waals surface area contributed by atoms with Gasteiger partial charge in [0.05, 0.1) is 5.92 Å². The van der Waals surface area contributed by atoms with Gasteiger partial charge in [0.1, 0.15) is 0 Å². The summed E-state index contributed by atoms with van der Waals surface area (Å²) in [7, 11) is 0. The zero-order valence-corrected chi connectivity index (χ0v) is 14.1. The molecule has 0 aromatic heterocycles. The van der Waals surface area contributed by atoms with Gasteiger partial charge in [-0.1, -0.05) is 91.0 Å². The van der Waals surface area contributed by atoms with Gasteiger partial charge in [-0.2, -0.15) is 0 Å². The summed E-state index contributed by atoms with van der Waals surface area (Å²) in [5.41, 5.74) is 5.63. The van der Waals surface area contributed by atoms with Crippen molar-refractivity contribution in [3.63, 3.8) is 0 Å². The molecule has 1 heteroatoms. The van der Waals surface area contributed by atoms with E-state index in [-0.39, 0.29) is 11.7 Å². The van der Waals surface area contributed by atoms with Crippen molar-refractivity contribution in [3.05, 3.63) is 113 Å². The highest BCUT2D eigenvalue weighted by Gasteiger charge is 2.34. The molecule has 0 radical (unpaired) electrons. The number of benzene rings is 3. The van der Waals surface area contributed by atoms with Crippen LogP contribution >= 0.6 is 0 Å². The molecule has 4 rings (SSSR count). The molecule has 3 aromatic rings. The molecule has 0 heterocycles. The quantitative estimate of drug-likeness (QED) is 0.624. The van der Waals surface area contributed by atoms with E-state index in [0.717, 1.165) is 17.6 Å². The lowest BCUT2D eigenvalue weighted by Gasteiger charge is -2.09. The summed E-state index contributed by atoms with van der Waals surface area (Å²) in [6.45, 7) is 0. The minimum absolute atomic E-state index is 0.0601. The first-order valence-electron chi connectivity index (χ1n) is 8.73. The van der Waals surface area contributed by atoms with Crippen LogP contribution in [0.2, 0.25) is 0 Å². The van der Waals surface area contributed by atoms with Crippen molar-refractivity contribution in [2.24, 2.45) is 0 Å². The first-order chi connectivity index (χ1) is 12.3. The third-order valence-corrected chi connectivity index (χ3v) is 4.93. The predicted molar refractivity (Wildman–Crippen MR) is 102 cm³/mol. The zero-order chi connectivity index (χ0) is 17.1. The molecule has 0 N–H and O–H groups in total. The van der Waals surface area contributed by atoms with Crippen LogP contribution in [0.1, 0.15) is 29.0 Å². The van der Waals surface area contributed by atoms with Gasteiger partial charge in [0, 0.05) is 12.0 Å². The molecule has 1 atom stereocenters. The molecule has 1 unspecified atom stereocenters. The van der Waals surface area contributed by atoms with Crippen LogP contribution in [0.15, 0.2) is 96.6 Å². The maximum Gasteiger partial charge on any atom is 0.167 e. The molecule has 0 saturated carbocycles. The average Bonchev–Trinajstić information content (AvgIpc) is 3.01. The number of allylic oxidation sites excluding steroid dienone is 2. The molecular weight excluding hydrogens is 304 g/mol. The SMILES string of the molecule is O=C1C(Cc2ccccc2)=C(c2ccccc2)CC1c1ccccc1. The van der Waals surface area contributed by atoms with Gasteiger partial charge in [0.25, 0.3) is 0 Å². The Morgan fingerprint density at radius 1 is 0.720 bits per heavy atom. The fourth-order valence-electron chi connectivity index (χ4n) is 3.66. The normalized spacial score (nSPS) is 17.1. The van der Waals surface area contributed by atoms with Gasteiger partial charge in [-0.15, -0.1) is 0 Å². The van der Waals surface area contributed by atoms with Crippen LogP contribution in [-0.2, 0) is 11.2 Å². The number of carbonyl (C=O) groups excluding carboxylic acids is 1. The Morgan fingerprint density at radius 3 is 1.92 bits per heavy atom. The van der Waals surface area contributed by atoms with Crippen LogP contribution in [0, 0.1) is 0 Å². The van der Waals surface area contributed by atoms with E-state index in [4.69, 9.17) is 0 Å². The third kappa shape index (κ3) is 3.18. The molecule has 1 aliphatic carbocycles. The Bertz CT molecular complexity index is 893. The highest BCUT2D eigenvalue weighted by atomic mass is 16.1. The van der Waals surface area contributed by atoms with Crippen molar-refractivity contribution < 1.29 is 4.79 Å². The van der Waals surface area contributed by atoms with Crippen LogP contribution in [0.25, 0.3) is 5.57 Å². The van der Waals surface area contributed by atoms with Crippen molar-refractivity contribution in [2.45, 2.75) is 18.8 Å². The van der Waals surface area contributed by atoms with Crippen LogP contribution < -0.4 is 0 Å². The topological polar surface area (TPSA) is 17.1 Å². The average molecular weight is 324 g/mol. The molecule has 0 amide bonds. The van der Waals surface area contributed by atoms with E-state index in [1.54, 1.807) is 0 Å². The summed E-state index contributed by atoms with van der Waals surface area (Å²) in [4.78, 5) is 13.2. The minimum Gasteiger partial charge on any atom is -0.294 e. The van der Waals surface area contributed by atoms with E-state index in [1.807, 2.05) is 54.6 Å². The molecule has 0 spiro atoms. The van der Waals surface area contributed by atoms with E-state index < -0.39 is 0 Å². The number of carbonyl (C=O) groups is 1. The summed E-state index contributed by atoms with van der Waals surface area (Å²) in [5, 5.41) is 0. The van der Waals surface area contributed by atoms with Gasteiger partial charge in [0.2, 0.25) is 0 Å². The van der Waals surface area contributed by atoms with E-state index in [0.29, 0.717) is 6.42 Å². The summed E-state index contributed by atoms with van der Waals surface area (Å²) in [6.07, 6.45) is 1.49. The van der Waals surface area contributed by atoms with Gasteiger partial charge in [-0.05, 0) is 28.7 Å². The monoisotopic (exact) mass is 324 g/mol. The van der Waals surface area contributed by atoms with Crippen LogP contribution in [0.3, 0.4) is 0 Å². The van der Waals surface area contributed by atoms with Gasteiger partial charge >= 0.3 is 0 Å². The van der Waals surface area contributed by atoms with E-state index in [1.165, 1.54) is 16.7 Å². The van der Waals surface area contributed by atoms with Gasteiger partial charge in [-0.3, -0.25) is 4.79 Å². The Balaban J connectivity index is 1.75. The predicted octanol–water partition coefficient (Wildman–Crippen LogP) is 5.44. The largest absolute Gasteiger partial charge is 0.294 e. The Morgan fingerprint density at radius 2 is 1.28 bits per heavy atom. The molecule has 1 nitrogen and oxygen atoms in total. The van der Waals surface area contributed by atoms with Crippen molar-refractivity contribution in [1.82, 2.24) is 0 Å². The van der Waals surface area contributed by atoms with Crippen molar-refractivity contribution in [2.75, 3.05) is 0 Å². The summed E-state index contributed by atoms with van der Waals surface area (Å²) in [5.74, 6) is 0.212. The number of ketones is 1.